The Morgan fingerprint density at radius 3 is 2.12 bits per heavy atom. The Morgan fingerprint density at radius 1 is 1.03 bits per heavy atom. The van der Waals surface area contributed by atoms with Crippen molar-refractivity contribution in [2.24, 2.45) is 4.99 Å². The molecule has 15 heteroatoms. The molecule has 2 unspecified atom stereocenters. The lowest BCUT2D eigenvalue weighted by atomic mass is 10.1. The minimum atomic E-state index is -5.12. The van der Waals surface area contributed by atoms with Crippen molar-refractivity contribution in [1.29, 1.82) is 0 Å². The number of aliphatic imine (C=N–C) groups is 1. The van der Waals surface area contributed by atoms with E-state index in [1.54, 1.807) is 0 Å². The Labute approximate surface area is 187 Å². The number of carboxylic acids is 1. The quantitative estimate of drug-likeness (QED) is 0.595. The fraction of sp³-hybridized carbons (Fsp3) is 0.500. The standard InChI is InChI=1S/C18H16F6N2O5S2/c19-17(20,21)9-4-10(18(22,23)24)6-11(5-9)26-12-7-33(30,31)8-13(12)32-16(26)25-14(27)2-1-3-15(28)29/h4-6,12-13H,1-3,7-8H2,(H,28,29). The summed E-state index contributed by atoms with van der Waals surface area (Å²) in [4.78, 5) is 27.4. The first-order valence-electron chi connectivity index (χ1n) is 9.36. The number of amides is 1. The third-order valence-electron chi connectivity index (χ3n) is 4.92. The number of carboxylic acid groups (broad SMARTS) is 1. The van der Waals surface area contributed by atoms with Crippen LogP contribution in [0.4, 0.5) is 32.0 Å². The zero-order chi connectivity index (χ0) is 24.8. The van der Waals surface area contributed by atoms with Gasteiger partial charge >= 0.3 is 18.3 Å². The lowest BCUT2D eigenvalue weighted by molar-refractivity contribution is -0.143. The number of rotatable bonds is 5. The van der Waals surface area contributed by atoms with Crippen LogP contribution in [0.3, 0.4) is 0 Å². The predicted octanol–water partition coefficient (Wildman–Crippen LogP) is 3.58. The van der Waals surface area contributed by atoms with Crippen LogP contribution in [0.2, 0.25) is 0 Å². The van der Waals surface area contributed by atoms with Crippen molar-refractivity contribution in [3.63, 3.8) is 0 Å². The number of fused-ring (bicyclic) bond motifs is 1. The summed E-state index contributed by atoms with van der Waals surface area (Å²) in [5.74, 6) is -2.89. The highest BCUT2D eigenvalue weighted by molar-refractivity contribution is 8.16. The number of carbonyl (C=O) groups is 2. The van der Waals surface area contributed by atoms with Gasteiger partial charge in [-0.3, -0.25) is 9.59 Å². The third-order valence-corrected chi connectivity index (χ3v) is 8.13. The number of carbonyl (C=O) groups excluding carboxylic acids is 1. The number of halogens is 6. The second-order valence-electron chi connectivity index (χ2n) is 7.47. The minimum Gasteiger partial charge on any atom is -0.481 e. The molecule has 1 N–H and O–H groups in total. The van der Waals surface area contributed by atoms with Crippen molar-refractivity contribution in [3.05, 3.63) is 29.3 Å². The average Bonchev–Trinajstić information content (AvgIpc) is 3.10. The van der Waals surface area contributed by atoms with E-state index in [4.69, 9.17) is 5.11 Å². The van der Waals surface area contributed by atoms with Gasteiger partial charge in [0.05, 0.1) is 28.7 Å². The number of alkyl halides is 6. The van der Waals surface area contributed by atoms with E-state index in [-0.39, 0.29) is 36.2 Å². The van der Waals surface area contributed by atoms with Crippen LogP contribution in [0.1, 0.15) is 30.4 Å². The number of anilines is 1. The Morgan fingerprint density at radius 2 is 1.61 bits per heavy atom. The molecule has 0 aliphatic carbocycles. The SMILES string of the molecule is O=C(O)CCCC(=O)N=C1SC2CS(=O)(=O)CC2N1c1cc(C(F)(F)F)cc(C(F)(F)F)c1. The zero-order valence-electron chi connectivity index (χ0n) is 16.5. The lowest BCUT2D eigenvalue weighted by Crippen LogP contribution is -2.38. The van der Waals surface area contributed by atoms with Crippen LogP contribution in [0.5, 0.6) is 0 Å². The molecule has 2 heterocycles. The molecule has 0 bridgehead atoms. The maximum absolute atomic E-state index is 13.3. The summed E-state index contributed by atoms with van der Waals surface area (Å²) in [6.45, 7) is 0. The number of sulfone groups is 1. The van der Waals surface area contributed by atoms with Gasteiger partial charge in [-0.15, -0.1) is 0 Å². The van der Waals surface area contributed by atoms with E-state index in [1.165, 1.54) is 0 Å². The molecule has 2 aliphatic rings. The molecular weight excluding hydrogens is 502 g/mol. The Balaban J connectivity index is 2.06. The first-order chi connectivity index (χ1) is 15.1. The van der Waals surface area contributed by atoms with E-state index in [2.05, 4.69) is 4.99 Å². The molecule has 2 aliphatic heterocycles. The number of thioether (sulfide) groups is 1. The van der Waals surface area contributed by atoms with E-state index >= 15 is 0 Å². The number of aliphatic carboxylic acids is 1. The largest absolute Gasteiger partial charge is 0.481 e. The van der Waals surface area contributed by atoms with Gasteiger partial charge in [0.1, 0.15) is 0 Å². The number of hydrogen-bond acceptors (Lipinski definition) is 5. The van der Waals surface area contributed by atoms with Gasteiger partial charge in [0, 0.05) is 23.8 Å². The molecule has 0 radical (unpaired) electrons. The lowest BCUT2D eigenvalue weighted by Gasteiger charge is -2.26. The predicted molar refractivity (Wildman–Crippen MR) is 107 cm³/mol. The highest BCUT2D eigenvalue weighted by Crippen LogP contribution is 2.44. The zero-order valence-corrected chi connectivity index (χ0v) is 18.1. The minimum absolute atomic E-state index is 0.0521. The Kier molecular flexibility index (Phi) is 6.77. The molecule has 1 amide bonds. The number of benzene rings is 1. The second kappa shape index (κ2) is 8.81. The van der Waals surface area contributed by atoms with Crippen molar-refractivity contribution in [2.45, 2.75) is 42.9 Å². The average molecular weight is 518 g/mol. The summed E-state index contributed by atoms with van der Waals surface area (Å²) in [7, 11) is -3.61. The van der Waals surface area contributed by atoms with Gasteiger partial charge in [0.25, 0.3) is 0 Å². The van der Waals surface area contributed by atoms with Crippen LogP contribution < -0.4 is 4.90 Å². The number of hydrogen-bond donors (Lipinski definition) is 1. The number of nitrogens with zero attached hydrogens (tertiary/aromatic N) is 2. The summed E-state index contributed by atoms with van der Waals surface area (Å²) in [5, 5.41) is 7.67. The van der Waals surface area contributed by atoms with Crippen LogP contribution >= 0.6 is 11.8 Å². The topological polar surface area (TPSA) is 104 Å². The number of amidine groups is 1. The van der Waals surface area contributed by atoms with Crippen molar-refractivity contribution >= 4 is 44.3 Å². The summed E-state index contributed by atoms with van der Waals surface area (Å²) in [6.07, 6.45) is -11.0. The van der Waals surface area contributed by atoms with Gasteiger partial charge in [-0.05, 0) is 24.6 Å². The first kappa shape index (κ1) is 25.3. The van der Waals surface area contributed by atoms with Gasteiger partial charge in [0.15, 0.2) is 15.0 Å². The summed E-state index contributed by atoms with van der Waals surface area (Å²) >= 11 is 0.778. The van der Waals surface area contributed by atoms with Gasteiger partial charge in [0.2, 0.25) is 5.91 Å². The van der Waals surface area contributed by atoms with Crippen molar-refractivity contribution in [2.75, 3.05) is 16.4 Å². The van der Waals surface area contributed by atoms with Crippen LogP contribution in [0.15, 0.2) is 23.2 Å². The van der Waals surface area contributed by atoms with E-state index < -0.39 is 67.9 Å². The van der Waals surface area contributed by atoms with E-state index in [9.17, 15) is 44.3 Å². The Hall–Kier alpha value is -2.29. The van der Waals surface area contributed by atoms with E-state index in [1.807, 2.05) is 0 Å². The van der Waals surface area contributed by atoms with E-state index in [0.717, 1.165) is 16.7 Å². The summed E-state index contributed by atoms with van der Waals surface area (Å²) < 4.78 is 104. The fourth-order valence-corrected chi connectivity index (χ4v) is 7.43. The maximum Gasteiger partial charge on any atom is 0.416 e. The van der Waals surface area contributed by atoms with Crippen LogP contribution in [-0.4, -0.2) is 53.4 Å². The van der Waals surface area contributed by atoms with Crippen molar-refractivity contribution < 1.29 is 49.5 Å². The molecule has 182 valence electrons. The Bertz CT molecular complexity index is 1070. The van der Waals surface area contributed by atoms with Gasteiger partial charge in [-0.1, -0.05) is 11.8 Å². The second-order valence-corrected chi connectivity index (χ2v) is 10.8. The molecule has 3 rings (SSSR count). The summed E-state index contributed by atoms with van der Waals surface area (Å²) in [5.41, 5.74) is -3.77. The highest BCUT2D eigenvalue weighted by Gasteiger charge is 2.50. The fourth-order valence-electron chi connectivity index (χ4n) is 3.50. The third kappa shape index (κ3) is 5.99. The van der Waals surface area contributed by atoms with Crippen molar-refractivity contribution in [1.82, 2.24) is 0 Å². The molecular formula is C18H16F6N2O5S2. The van der Waals surface area contributed by atoms with Gasteiger partial charge in [-0.25, -0.2) is 8.42 Å². The van der Waals surface area contributed by atoms with Crippen LogP contribution in [0.25, 0.3) is 0 Å². The molecule has 1 aromatic carbocycles. The molecule has 1 aromatic rings. The van der Waals surface area contributed by atoms with Gasteiger partial charge in [-0.2, -0.15) is 31.3 Å². The maximum atomic E-state index is 13.3. The molecule has 0 saturated carbocycles. The molecule has 2 saturated heterocycles. The smallest absolute Gasteiger partial charge is 0.416 e. The summed E-state index contributed by atoms with van der Waals surface area (Å²) in [6, 6.07) is -0.167. The van der Waals surface area contributed by atoms with Crippen molar-refractivity contribution in [3.8, 4) is 0 Å². The molecule has 2 fully saturated rings. The highest BCUT2D eigenvalue weighted by atomic mass is 32.2. The first-order valence-corrected chi connectivity index (χ1v) is 12.1. The molecule has 0 spiro atoms. The van der Waals surface area contributed by atoms with Gasteiger partial charge < -0.3 is 10.0 Å². The molecule has 33 heavy (non-hydrogen) atoms. The molecule has 2 atom stereocenters. The monoisotopic (exact) mass is 518 g/mol. The van der Waals surface area contributed by atoms with Crippen LogP contribution in [-0.2, 0) is 31.8 Å². The molecule has 0 aromatic heterocycles. The molecule has 7 nitrogen and oxygen atoms in total. The van der Waals surface area contributed by atoms with E-state index in [0.29, 0.717) is 12.1 Å². The normalized spacial score (nSPS) is 23.7. The van der Waals surface area contributed by atoms with Crippen LogP contribution in [0, 0.1) is 0 Å².